The molecule has 0 saturated heterocycles. The Hall–Kier alpha value is -2.86. The highest BCUT2D eigenvalue weighted by atomic mass is 14.3. The SMILES string of the molecule is CC(C)(C)c1cccc2c1CCCC2.CC(C)(C)c1cccc2ccccc12.CC(C)(C)c1ccccc1. The van der Waals surface area contributed by atoms with Crippen LogP contribution in [0.3, 0.4) is 0 Å². The fraction of sp³-hybridized carbons (Fsp3) is 0.421. The van der Waals surface area contributed by atoms with Gasteiger partial charge >= 0.3 is 0 Å². The number of rotatable bonds is 0. The first kappa shape index (κ1) is 29.7. The van der Waals surface area contributed by atoms with Gasteiger partial charge in [0.1, 0.15) is 0 Å². The van der Waals surface area contributed by atoms with Gasteiger partial charge < -0.3 is 0 Å². The van der Waals surface area contributed by atoms with Gasteiger partial charge in [0, 0.05) is 0 Å². The number of benzene rings is 4. The fourth-order valence-electron chi connectivity index (χ4n) is 5.30. The summed E-state index contributed by atoms with van der Waals surface area (Å²) in [6.45, 7) is 20.4. The molecule has 1 aliphatic carbocycles. The summed E-state index contributed by atoms with van der Waals surface area (Å²) in [5.41, 5.74) is 8.46. The van der Waals surface area contributed by atoms with E-state index in [1.165, 1.54) is 47.6 Å². The molecule has 0 spiro atoms. The van der Waals surface area contributed by atoms with E-state index in [-0.39, 0.29) is 5.41 Å². The van der Waals surface area contributed by atoms with Gasteiger partial charge in [-0.05, 0) is 80.5 Å². The minimum Gasteiger partial charge on any atom is -0.0622 e. The molecule has 0 atom stereocenters. The van der Waals surface area contributed by atoms with Gasteiger partial charge in [-0.3, -0.25) is 0 Å². The van der Waals surface area contributed by atoms with Gasteiger partial charge in [0.2, 0.25) is 0 Å². The van der Waals surface area contributed by atoms with Crippen LogP contribution in [0.4, 0.5) is 0 Å². The van der Waals surface area contributed by atoms with Crippen LogP contribution in [0.5, 0.6) is 0 Å². The van der Waals surface area contributed by atoms with Crippen molar-refractivity contribution in [1.29, 1.82) is 0 Å². The predicted molar refractivity (Wildman–Crippen MR) is 170 cm³/mol. The molecule has 0 aliphatic heterocycles. The van der Waals surface area contributed by atoms with E-state index in [2.05, 4.69) is 153 Å². The van der Waals surface area contributed by atoms with Crippen LogP contribution in [0.1, 0.15) is 103 Å². The van der Waals surface area contributed by atoms with Gasteiger partial charge in [-0.25, -0.2) is 0 Å². The van der Waals surface area contributed by atoms with Gasteiger partial charge in [0.05, 0.1) is 0 Å². The molecule has 4 aromatic rings. The number of aryl methyl sites for hydroxylation is 1. The van der Waals surface area contributed by atoms with Crippen molar-refractivity contribution in [3.05, 3.63) is 119 Å². The molecule has 0 heterocycles. The van der Waals surface area contributed by atoms with Crippen molar-refractivity contribution in [1.82, 2.24) is 0 Å². The third-order valence-corrected chi connectivity index (χ3v) is 7.44. The van der Waals surface area contributed by atoms with Crippen molar-refractivity contribution in [2.24, 2.45) is 0 Å². The first-order chi connectivity index (χ1) is 17.8. The van der Waals surface area contributed by atoms with E-state index in [9.17, 15) is 0 Å². The van der Waals surface area contributed by atoms with E-state index in [4.69, 9.17) is 0 Å². The third kappa shape index (κ3) is 8.07. The Morgan fingerprint density at radius 1 is 0.447 bits per heavy atom. The van der Waals surface area contributed by atoms with Crippen LogP contribution < -0.4 is 0 Å². The molecular formula is C38H50. The van der Waals surface area contributed by atoms with E-state index in [0.717, 1.165) is 0 Å². The molecule has 0 heteroatoms. The minimum atomic E-state index is 0.223. The molecule has 0 bridgehead atoms. The molecule has 1 aliphatic rings. The van der Waals surface area contributed by atoms with Crippen LogP contribution in [0.2, 0.25) is 0 Å². The molecule has 0 saturated carbocycles. The second kappa shape index (κ2) is 12.3. The molecule has 0 radical (unpaired) electrons. The van der Waals surface area contributed by atoms with Gasteiger partial charge in [-0.1, -0.05) is 153 Å². The maximum atomic E-state index is 2.32. The van der Waals surface area contributed by atoms with Crippen molar-refractivity contribution < 1.29 is 0 Å². The summed E-state index contributed by atoms with van der Waals surface area (Å²) < 4.78 is 0. The quantitative estimate of drug-likeness (QED) is 0.222. The number of hydrogen-bond acceptors (Lipinski definition) is 0. The molecule has 0 aromatic heterocycles. The zero-order valence-corrected chi connectivity index (χ0v) is 25.5. The smallest absolute Gasteiger partial charge is 0.0126 e. The Labute approximate surface area is 233 Å². The van der Waals surface area contributed by atoms with E-state index >= 15 is 0 Å². The minimum absolute atomic E-state index is 0.223. The topological polar surface area (TPSA) is 0 Å². The Morgan fingerprint density at radius 3 is 1.58 bits per heavy atom. The molecule has 4 aromatic carbocycles. The van der Waals surface area contributed by atoms with Crippen molar-refractivity contribution in [2.75, 3.05) is 0 Å². The Morgan fingerprint density at radius 2 is 0.974 bits per heavy atom. The lowest BCUT2D eigenvalue weighted by Gasteiger charge is -2.27. The second-order valence-electron chi connectivity index (χ2n) is 13.8. The molecule has 202 valence electrons. The van der Waals surface area contributed by atoms with Crippen molar-refractivity contribution in [2.45, 2.75) is 104 Å². The Kier molecular flexibility index (Phi) is 9.64. The lowest BCUT2D eigenvalue weighted by molar-refractivity contribution is 0.568. The lowest BCUT2D eigenvalue weighted by atomic mass is 9.78. The summed E-state index contributed by atoms with van der Waals surface area (Å²) in [7, 11) is 0. The summed E-state index contributed by atoms with van der Waals surface area (Å²) in [5, 5.41) is 2.71. The van der Waals surface area contributed by atoms with Crippen molar-refractivity contribution in [3.63, 3.8) is 0 Å². The summed E-state index contributed by atoms with van der Waals surface area (Å²) in [5.74, 6) is 0. The average Bonchev–Trinajstić information content (AvgIpc) is 2.88. The van der Waals surface area contributed by atoms with Crippen LogP contribution in [0, 0.1) is 0 Å². The molecule has 0 N–H and O–H groups in total. The van der Waals surface area contributed by atoms with Crippen LogP contribution in [-0.4, -0.2) is 0 Å². The summed E-state index contributed by atoms with van der Waals surface area (Å²) >= 11 is 0. The summed E-state index contributed by atoms with van der Waals surface area (Å²) in [6.07, 6.45) is 5.34. The van der Waals surface area contributed by atoms with E-state index in [1.807, 2.05) is 0 Å². The second-order valence-corrected chi connectivity index (χ2v) is 13.8. The molecule has 0 nitrogen and oxygen atoms in total. The van der Waals surface area contributed by atoms with Gasteiger partial charge in [-0.2, -0.15) is 0 Å². The first-order valence-corrected chi connectivity index (χ1v) is 14.4. The molecule has 5 rings (SSSR count). The lowest BCUT2D eigenvalue weighted by Crippen LogP contribution is -2.17. The Bertz CT molecular complexity index is 1280. The van der Waals surface area contributed by atoms with Crippen LogP contribution in [-0.2, 0) is 29.1 Å². The molecule has 0 unspecified atom stereocenters. The van der Waals surface area contributed by atoms with Crippen LogP contribution >= 0.6 is 0 Å². The fourth-order valence-corrected chi connectivity index (χ4v) is 5.30. The molecule has 0 amide bonds. The average molecular weight is 507 g/mol. The maximum absolute atomic E-state index is 2.32. The zero-order valence-electron chi connectivity index (χ0n) is 25.5. The molecule has 38 heavy (non-hydrogen) atoms. The monoisotopic (exact) mass is 506 g/mol. The van der Waals surface area contributed by atoms with E-state index in [1.54, 1.807) is 16.7 Å². The summed E-state index contributed by atoms with van der Waals surface area (Å²) in [6, 6.07) is 32.5. The summed E-state index contributed by atoms with van der Waals surface area (Å²) in [4.78, 5) is 0. The molecule has 0 fully saturated rings. The van der Waals surface area contributed by atoms with Gasteiger partial charge in [0.15, 0.2) is 0 Å². The van der Waals surface area contributed by atoms with Crippen LogP contribution in [0.25, 0.3) is 10.8 Å². The Balaban J connectivity index is 0.000000161. The highest BCUT2D eigenvalue weighted by molar-refractivity contribution is 5.86. The van der Waals surface area contributed by atoms with Crippen molar-refractivity contribution in [3.8, 4) is 0 Å². The highest BCUT2D eigenvalue weighted by Gasteiger charge is 2.21. The standard InChI is InChI=1S/C14H20.C14H16.C10H14/c2*1-14(2,3)13-10-6-8-11-7-4-5-9-12(11)13;1-10(2,3)9-7-5-4-6-8-9/h6,8,10H,4-5,7,9H2,1-3H3;4-10H,1-3H3;4-8H,1-3H3. The van der Waals surface area contributed by atoms with Gasteiger partial charge in [-0.15, -0.1) is 0 Å². The molecular weight excluding hydrogens is 456 g/mol. The van der Waals surface area contributed by atoms with Crippen LogP contribution in [0.15, 0.2) is 91.0 Å². The largest absolute Gasteiger partial charge is 0.0622 e. The zero-order chi connectivity index (χ0) is 28.0. The normalized spacial score (nSPS) is 13.5. The van der Waals surface area contributed by atoms with E-state index in [0.29, 0.717) is 10.8 Å². The maximum Gasteiger partial charge on any atom is -0.0126 e. The van der Waals surface area contributed by atoms with Gasteiger partial charge in [0.25, 0.3) is 0 Å². The van der Waals surface area contributed by atoms with Crippen molar-refractivity contribution >= 4 is 10.8 Å². The van der Waals surface area contributed by atoms with E-state index < -0.39 is 0 Å². The third-order valence-electron chi connectivity index (χ3n) is 7.44. The number of hydrogen-bond donors (Lipinski definition) is 0. The predicted octanol–water partition coefficient (Wildman–Crippen LogP) is 11.0. The first-order valence-electron chi connectivity index (χ1n) is 14.4. The highest BCUT2D eigenvalue weighted by Crippen LogP contribution is 2.32. The number of fused-ring (bicyclic) bond motifs is 2.